The predicted octanol–water partition coefficient (Wildman–Crippen LogP) is 3.94. The lowest BCUT2D eigenvalue weighted by atomic mass is 9.70. The van der Waals surface area contributed by atoms with Gasteiger partial charge in [0.05, 0.1) is 24.5 Å². The van der Waals surface area contributed by atoms with Gasteiger partial charge in [0, 0.05) is 42.8 Å². The number of carbonyl (C=O) groups excluding carboxylic acids is 3. The molecule has 1 N–H and O–H groups in total. The molecule has 42 heavy (non-hydrogen) atoms. The van der Waals surface area contributed by atoms with E-state index < -0.39 is 29.6 Å². The Labute approximate surface area is 257 Å². The molecule has 4 unspecified atom stereocenters. The second kappa shape index (κ2) is 13.7. The third kappa shape index (κ3) is 5.65. The first-order chi connectivity index (χ1) is 20.2. The molecular formula is C32H44BrN3O6. The van der Waals surface area contributed by atoms with Gasteiger partial charge in [0.15, 0.2) is 0 Å². The Morgan fingerprint density at radius 3 is 2.50 bits per heavy atom. The lowest BCUT2D eigenvalue weighted by molar-refractivity contribution is -0.149. The summed E-state index contributed by atoms with van der Waals surface area (Å²) in [4.78, 5) is 47.9. The number of alkyl halides is 1. The quantitative estimate of drug-likeness (QED) is 0.229. The molecule has 0 aliphatic carbocycles. The van der Waals surface area contributed by atoms with Gasteiger partial charge >= 0.3 is 0 Å². The molecule has 0 radical (unpaired) electrons. The second-order valence-corrected chi connectivity index (χ2v) is 12.5. The van der Waals surface area contributed by atoms with Crippen LogP contribution in [-0.2, 0) is 19.1 Å². The number of ether oxygens (including phenoxy) is 2. The normalized spacial score (nSPS) is 28.4. The van der Waals surface area contributed by atoms with Crippen LogP contribution in [0.4, 0.5) is 5.69 Å². The van der Waals surface area contributed by atoms with Crippen molar-refractivity contribution in [1.29, 1.82) is 0 Å². The minimum atomic E-state index is -1.16. The van der Waals surface area contributed by atoms with Crippen LogP contribution in [0.2, 0.25) is 0 Å². The highest BCUT2D eigenvalue weighted by molar-refractivity contribution is 9.09. The molecule has 230 valence electrons. The number of hydrogen-bond acceptors (Lipinski definition) is 6. The fourth-order valence-corrected chi connectivity index (χ4v) is 7.99. The number of aliphatic hydroxyl groups is 1. The molecule has 4 rings (SSSR count). The molecular weight excluding hydrogens is 602 g/mol. The Morgan fingerprint density at radius 2 is 1.90 bits per heavy atom. The Balaban J connectivity index is 1.75. The van der Waals surface area contributed by atoms with E-state index >= 15 is 0 Å². The number of anilines is 1. The van der Waals surface area contributed by atoms with Crippen LogP contribution in [0.3, 0.4) is 0 Å². The van der Waals surface area contributed by atoms with Crippen LogP contribution in [0.1, 0.15) is 46.5 Å². The van der Waals surface area contributed by atoms with Crippen molar-refractivity contribution >= 4 is 39.3 Å². The van der Waals surface area contributed by atoms with E-state index in [4.69, 9.17) is 9.47 Å². The fraction of sp³-hybridized carbons (Fsp3) is 0.594. The molecule has 3 aliphatic rings. The van der Waals surface area contributed by atoms with Crippen molar-refractivity contribution in [2.75, 3.05) is 37.7 Å². The van der Waals surface area contributed by atoms with Gasteiger partial charge in [-0.3, -0.25) is 14.4 Å². The maximum absolute atomic E-state index is 14.4. The summed E-state index contributed by atoms with van der Waals surface area (Å²) < 4.78 is 12.3. The summed E-state index contributed by atoms with van der Waals surface area (Å²) >= 11 is 3.75. The Morgan fingerprint density at radius 1 is 1.21 bits per heavy atom. The van der Waals surface area contributed by atoms with E-state index in [1.807, 2.05) is 38.1 Å². The SMILES string of the molecule is C=CCN(C(=O)[C@H]1[C@H]2C(=O)N(CCCO)C(C(=O)N(CC=C)C(C)CCC)C23CC(Br)[C@@H]1O3)c1ccc(OCC)cc1. The molecule has 3 fully saturated rings. The van der Waals surface area contributed by atoms with Crippen molar-refractivity contribution in [1.82, 2.24) is 9.80 Å². The molecule has 3 aliphatic heterocycles. The van der Waals surface area contributed by atoms with Gasteiger partial charge < -0.3 is 29.3 Å². The number of carbonyl (C=O) groups is 3. The smallest absolute Gasteiger partial charge is 0.248 e. The number of aliphatic hydroxyl groups excluding tert-OH is 1. The summed E-state index contributed by atoms with van der Waals surface area (Å²) in [6.07, 6.45) is 5.23. The third-order valence-electron chi connectivity index (χ3n) is 8.75. The Bertz CT molecular complexity index is 1160. The number of halogens is 1. The van der Waals surface area contributed by atoms with Crippen molar-refractivity contribution in [2.45, 2.75) is 75.1 Å². The van der Waals surface area contributed by atoms with E-state index in [9.17, 15) is 19.5 Å². The first-order valence-corrected chi connectivity index (χ1v) is 15.9. The number of nitrogens with zero attached hydrogens (tertiary/aromatic N) is 3. The van der Waals surface area contributed by atoms with Gasteiger partial charge in [-0.15, -0.1) is 13.2 Å². The summed E-state index contributed by atoms with van der Waals surface area (Å²) in [5, 5.41) is 9.65. The van der Waals surface area contributed by atoms with Crippen molar-refractivity contribution in [3.05, 3.63) is 49.6 Å². The molecule has 9 nitrogen and oxygen atoms in total. The highest BCUT2D eigenvalue weighted by atomic mass is 79.9. The Hall–Kier alpha value is -2.69. The minimum absolute atomic E-state index is 0.0655. The van der Waals surface area contributed by atoms with Crippen molar-refractivity contribution in [3.63, 3.8) is 0 Å². The molecule has 3 heterocycles. The molecule has 0 saturated carbocycles. The molecule has 7 atom stereocenters. The van der Waals surface area contributed by atoms with Gasteiger partial charge in [0.1, 0.15) is 17.4 Å². The molecule has 1 spiro atoms. The zero-order valence-corrected chi connectivity index (χ0v) is 26.5. The van der Waals surface area contributed by atoms with Crippen LogP contribution in [0.15, 0.2) is 49.6 Å². The maximum Gasteiger partial charge on any atom is 0.248 e. The Kier molecular flexibility index (Phi) is 10.5. The van der Waals surface area contributed by atoms with Crippen molar-refractivity contribution in [2.24, 2.45) is 11.8 Å². The van der Waals surface area contributed by atoms with Crippen LogP contribution >= 0.6 is 15.9 Å². The summed E-state index contributed by atoms with van der Waals surface area (Å²) in [6, 6.07) is 6.30. The average Bonchev–Trinajstić information content (AvgIpc) is 3.56. The molecule has 3 saturated heterocycles. The van der Waals surface area contributed by atoms with Gasteiger partial charge in [-0.1, -0.05) is 41.4 Å². The fourth-order valence-electron chi connectivity index (χ4n) is 7.05. The second-order valence-electron chi connectivity index (χ2n) is 11.4. The lowest BCUT2D eigenvalue weighted by Crippen LogP contribution is -2.58. The number of amides is 3. The minimum Gasteiger partial charge on any atom is -0.494 e. The van der Waals surface area contributed by atoms with Gasteiger partial charge in [0.2, 0.25) is 17.7 Å². The number of fused-ring (bicyclic) bond motifs is 1. The number of benzene rings is 1. The van der Waals surface area contributed by atoms with Gasteiger partial charge in [0.25, 0.3) is 0 Å². The number of rotatable bonds is 15. The van der Waals surface area contributed by atoms with Crippen LogP contribution in [-0.4, -0.2) is 94.1 Å². The first-order valence-electron chi connectivity index (χ1n) is 15.0. The zero-order valence-electron chi connectivity index (χ0n) is 24.9. The van der Waals surface area contributed by atoms with E-state index in [1.54, 1.807) is 26.9 Å². The van der Waals surface area contributed by atoms with Crippen LogP contribution in [0.25, 0.3) is 0 Å². The van der Waals surface area contributed by atoms with E-state index in [0.29, 0.717) is 37.4 Å². The highest BCUT2D eigenvalue weighted by Gasteiger charge is 2.77. The zero-order chi connectivity index (χ0) is 30.6. The van der Waals surface area contributed by atoms with Crippen LogP contribution < -0.4 is 9.64 Å². The molecule has 1 aromatic carbocycles. The van der Waals surface area contributed by atoms with E-state index in [-0.39, 0.29) is 48.3 Å². The summed E-state index contributed by atoms with van der Waals surface area (Å²) in [7, 11) is 0. The van der Waals surface area contributed by atoms with Gasteiger partial charge in [-0.05, 0) is 57.4 Å². The van der Waals surface area contributed by atoms with Gasteiger partial charge in [-0.25, -0.2) is 0 Å². The third-order valence-corrected chi connectivity index (χ3v) is 9.59. The van der Waals surface area contributed by atoms with Crippen LogP contribution in [0.5, 0.6) is 5.75 Å². The molecule has 0 aromatic heterocycles. The summed E-state index contributed by atoms with van der Waals surface area (Å²) in [6.45, 7) is 14.9. The molecule has 10 heteroatoms. The largest absolute Gasteiger partial charge is 0.494 e. The monoisotopic (exact) mass is 645 g/mol. The summed E-state index contributed by atoms with van der Waals surface area (Å²) in [5.41, 5.74) is -0.501. The molecule has 3 amide bonds. The van der Waals surface area contributed by atoms with E-state index in [2.05, 4.69) is 36.0 Å². The number of hydrogen-bond donors (Lipinski definition) is 1. The molecule has 2 bridgehead atoms. The van der Waals surface area contributed by atoms with E-state index in [1.165, 1.54) is 0 Å². The van der Waals surface area contributed by atoms with E-state index in [0.717, 1.165) is 12.8 Å². The highest BCUT2D eigenvalue weighted by Crippen LogP contribution is 2.60. The van der Waals surface area contributed by atoms with Crippen molar-refractivity contribution < 1.29 is 29.0 Å². The van der Waals surface area contributed by atoms with Crippen LogP contribution in [0, 0.1) is 11.8 Å². The van der Waals surface area contributed by atoms with Crippen molar-refractivity contribution in [3.8, 4) is 5.75 Å². The van der Waals surface area contributed by atoms with Gasteiger partial charge in [-0.2, -0.15) is 0 Å². The number of likely N-dealkylation sites (tertiary alicyclic amines) is 1. The average molecular weight is 647 g/mol. The predicted molar refractivity (Wildman–Crippen MR) is 166 cm³/mol. The standard InChI is InChI=1S/C32H44BrN3O6/c1-6-11-21(5)34(16-7-2)31(40)28-32-20-24(33)27(42-32)25(26(32)30(39)36(28)18-10-19-37)29(38)35(17-8-3)22-12-14-23(15-13-22)41-9-4/h7-8,12-15,21,24-28,37H,2-3,6,9-11,16-20H2,1,4-5H3/t21?,24?,25-,26-,27-,28?,32?/m0/s1. The topological polar surface area (TPSA) is 99.6 Å². The first kappa shape index (κ1) is 32.2. The lowest BCUT2D eigenvalue weighted by Gasteiger charge is -2.39. The summed E-state index contributed by atoms with van der Waals surface area (Å²) in [5.74, 6) is -1.63. The molecule has 1 aromatic rings. The maximum atomic E-state index is 14.4.